The number of nitrogens with zero attached hydrogens (tertiary/aromatic N) is 8. The van der Waals surface area contributed by atoms with E-state index in [1.165, 1.54) is 23.4 Å². The minimum absolute atomic E-state index is 0.171. The summed E-state index contributed by atoms with van der Waals surface area (Å²) in [5, 5.41) is 12.1. The van der Waals surface area contributed by atoms with Gasteiger partial charge in [0.25, 0.3) is 0 Å². The van der Waals surface area contributed by atoms with Crippen molar-refractivity contribution in [3.8, 4) is 5.82 Å². The molecule has 2 aliphatic rings. The van der Waals surface area contributed by atoms with Crippen molar-refractivity contribution < 1.29 is 4.79 Å². The van der Waals surface area contributed by atoms with E-state index in [-0.39, 0.29) is 5.41 Å². The lowest BCUT2D eigenvalue weighted by Gasteiger charge is -2.37. The summed E-state index contributed by atoms with van der Waals surface area (Å²) < 4.78 is 5.69. The third-order valence-corrected chi connectivity index (χ3v) is 6.90. The van der Waals surface area contributed by atoms with E-state index in [4.69, 9.17) is 0 Å². The summed E-state index contributed by atoms with van der Waals surface area (Å²) in [7, 11) is 0. The van der Waals surface area contributed by atoms with E-state index in [0.717, 1.165) is 56.9 Å². The fourth-order valence-electron chi connectivity index (χ4n) is 4.30. The van der Waals surface area contributed by atoms with Gasteiger partial charge in [-0.25, -0.2) is 4.98 Å². The number of hydrogen-bond acceptors (Lipinski definition) is 8. The summed E-state index contributed by atoms with van der Waals surface area (Å²) in [5.74, 6) is 1.01. The molecule has 2 aliphatic heterocycles. The highest BCUT2D eigenvalue weighted by atomic mass is 32.1. The Kier molecular flexibility index (Phi) is 4.80. The van der Waals surface area contributed by atoms with Gasteiger partial charge in [-0.05, 0) is 78.4 Å². The Morgan fingerprint density at radius 3 is 2.66 bits per heavy atom. The van der Waals surface area contributed by atoms with Crippen LogP contribution >= 0.6 is 11.5 Å². The molecule has 2 fully saturated rings. The first-order valence-corrected chi connectivity index (χ1v) is 10.6. The van der Waals surface area contributed by atoms with Crippen molar-refractivity contribution in [3.63, 3.8) is 0 Å². The quantitative estimate of drug-likeness (QED) is 0.630. The Labute approximate surface area is 172 Å². The molecule has 10 heteroatoms. The summed E-state index contributed by atoms with van der Waals surface area (Å²) in [6.45, 7) is 3.74. The molecule has 1 spiro atoms. The van der Waals surface area contributed by atoms with Crippen LogP contribution < -0.4 is 4.90 Å². The summed E-state index contributed by atoms with van der Waals surface area (Å²) in [5.41, 5.74) is 1.02. The van der Waals surface area contributed by atoms with Crippen LogP contribution in [0, 0.1) is 5.41 Å². The first-order chi connectivity index (χ1) is 14.2. The second-order valence-corrected chi connectivity index (χ2v) is 8.52. The number of aromatic nitrogens is 6. The van der Waals surface area contributed by atoms with Gasteiger partial charge in [0.2, 0.25) is 5.91 Å². The lowest BCUT2D eigenvalue weighted by atomic mass is 9.77. The lowest BCUT2D eigenvalue weighted by molar-refractivity contribution is -0.127. The number of pyridine rings is 1. The average Bonchev–Trinajstić information content (AvgIpc) is 3.52. The third-order valence-electron chi connectivity index (χ3n) is 6.13. The fourth-order valence-corrected chi connectivity index (χ4v) is 4.93. The minimum Gasteiger partial charge on any atom is -0.303 e. The van der Waals surface area contributed by atoms with E-state index in [1.807, 2.05) is 23.2 Å². The molecule has 5 rings (SSSR count). The lowest BCUT2D eigenvalue weighted by Crippen LogP contribution is -2.45. The molecule has 2 saturated heterocycles. The van der Waals surface area contributed by atoms with Crippen LogP contribution in [-0.4, -0.2) is 66.6 Å². The molecule has 0 N–H and O–H groups in total. The number of piperidine rings is 1. The van der Waals surface area contributed by atoms with Crippen molar-refractivity contribution in [2.24, 2.45) is 5.41 Å². The standard InChI is InChI=1S/C19H22N8OS/c28-18-19(7-12-26(18)17-3-8-22-29-17)5-10-25(11-6-19)9-4-15-1-2-16(20-13-15)27-14-21-23-24-27/h1-3,8,13-14H,4-7,9-12H2. The van der Waals surface area contributed by atoms with Crippen LogP contribution in [0.4, 0.5) is 5.00 Å². The molecular weight excluding hydrogens is 388 g/mol. The van der Waals surface area contributed by atoms with Gasteiger partial charge >= 0.3 is 0 Å². The average molecular weight is 411 g/mol. The highest BCUT2D eigenvalue weighted by Gasteiger charge is 2.48. The van der Waals surface area contributed by atoms with Crippen LogP contribution in [0.1, 0.15) is 24.8 Å². The molecule has 0 aromatic carbocycles. The van der Waals surface area contributed by atoms with Gasteiger partial charge in [0, 0.05) is 25.5 Å². The van der Waals surface area contributed by atoms with Crippen LogP contribution in [0.25, 0.3) is 5.82 Å². The number of carbonyl (C=O) groups is 1. The van der Waals surface area contributed by atoms with Crippen molar-refractivity contribution in [2.45, 2.75) is 25.7 Å². The molecule has 29 heavy (non-hydrogen) atoms. The van der Waals surface area contributed by atoms with Gasteiger partial charge in [-0.2, -0.15) is 9.06 Å². The molecule has 0 bridgehead atoms. The second kappa shape index (κ2) is 7.60. The molecule has 0 aliphatic carbocycles. The highest BCUT2D eigenvalue weighted by Crippen LogP contribution is 2.43. The number of likely N-dealkylation sites (tertiary alicyclic amines) is 1. The van der Waals surface area contributed by atoms with E-state index < -0.39 is 0 Å². The maximum Gasteiger partial charge on any atom is 0.234 e. The molecule has 1 amide bonds. The van der Waals surface area contributed by atoms with Gasteiger partial charge in [0.05, 0.1) is 5.41 Å². The van der Waals surface area contributed by atoms with Gasteiger partial charge in [0.1, 0.15) is 11.3 Å². The van der Waals surface area contributed by atoms with E-state index in [2.05, 4.69) is 35.8 Å². The smallest absolute Gasteiger partial charge is 0.234 e. The van der Waals surface area contributed by atoms with Gasteiger partial charge in [-0.3, -0.25) is 4.79 Å². The van der Waals surface area contributed by atoms with Crippen LogP contribution in [0.15, 0.2) is 36.9 Å². The van der Waals surface area contributed by atoms with Gasteiger partial charge in [0.15, 0.2) is 5.82 Å². The first kappa shape index (κ1) is 18.3. The number of carbonyl (C=O) groups excluding carboxylic acids is 1. The number of amides is 1. The molecule has 0 saturated carbocycles. The van der Waals surface area contributed by atoms with Crippen molar-refractivity contribution in [1.82, 2.24) is 34.5 Å². The van der Waals surface area contributed by atoms with Crippen LogP contribution in [0.3, 0.4) is 0 Å². The van der Waals surface area contributed by atoms with Crippen molar-refractivity contribution in [3.05, 3.63) is 42.5 Å². The Morgan fingerprint density at radius 2 is 1.97 bits per heavy atom. The van der Waals surface area contributed by atoms with Crippen molar-refractivity contribution >= 4 is 22.4 Å². The molecule has 9 nitrogen and oxygen atoms in total. The third kappa shape index (κ3) is 3.53. The van der Waals surface area contributed by atoms with Crippen molar-refractivity contribution in [2.75, 3.05) is 31.1 Å². The maximum absolute atomic E-state index is 13.1. The molecule has 150 valence electrons. The monoisotopic (exact) mass is 410 g/mol. The highest BCUT2D eigenvalue weighted by molar-refractivity contribution is 7.10. The number of anilines is 1. The summed E-state index contributed by atoms with van der Waals surface area (Å²) in [6, 6.07) is 5.94. The Balaban J connectivity index is 1.14. The van der Waals surface area contributed by atoms with E-state index in [9.17, 15) is 4.79 Å². The predicted octanol–water partition coefficient (Wildman–Crippen LogP) is 1.58. The van der Waals surface area contributed by atoms with Crippen LogP contribution in [0.2, 0.25) is 0 Å². The zero-order valence-corrected chi connectivity index (χ0v) is 16.8. The summed E-state index contributed by atoms with van der Waals surface area (Å²) in [6.07, 6.45) is 8.97. The molecule has 0 radical (unpaired) electrons. The predicted molar refractivity (Wildman–Crippen MR) is 108 cm³/mol. The van der Waals surface area contributed by atoms with Crippen LogP contribution in [-0.2, 0) is 11.2 Å². The van der Waals surface area contributed by atoms with E-state index in [1.54, 1.807) is 10.9 Å². The number of rotatable bonds is 5. The number of hydrogen-bond donors (Lipinski definition) is 0. The Hall–Kier alpha value is -2.72. The summed E-state index contributed by atoms with van der Waals surface area (Å²) >= 11 is 1.40. The zero-order chi connectivity index (χ0) is 19.7. The summed E-state index contributed by atoms with van der Waals surface area (Å²) in [4.78, 5) is 21.9. The first-order valence-electron chi connectivity index (χ1n) is 9.87. The SMILES string of the molecule is O=C1N(c2ccns2)CCC12CCN(CCc1ccc(-n3cnnn3)nc1)CC2. The topological polar surface area (TPSA) is 92.9 Å². The molecule has 0 atom stereocenters. The largest absolute Gasteiger partial charge is 0.303 e. The van der Waals surface area contributed by atoms with E-state index in [0.29, 0.717) is 11.7 Å². The minimum atomic E-state index is -0.171. The van der Waals surface area contributed by atoms with Crippen LogP contribution in [0.5, 0.6) is 0 Å². The van der Waals surface area contributed by atoms with E-state index >= 15 is 0 Å². The van der Waals surface area contributed by atoms with Gasteiger partial charge in [-0.15, -0.1) is 5.10 Å². The number of tetrazole rings is 1. The van der Waals surface area contributed by atoms with Gasteiger partial charge in [-0.1, -0.05) is 6.07 Å². The fraction of sp³-hybridized carbons (Fsp3) is 0.474. The molecule has 5 heterocycles. The van der Waals surface area contributed by atoms with Crippen molar-refractivity contribution in [1.29, 1.82) is 0 Å². The molecular formula is C19H22N8OS. The Bertz CT molecular complexity index is 949. The zero-order valence-electron chi connectivity index (χ0n) is 16.0. The molecule has 3 aromatic heterocycles. The Morgan fingerprint density at radius 1 is 1.10 bits per heavy atom. The normalized spacial score (nSPS) is 19.3. The van der Waals surface area contributed by atoms with Gasteiger partial charge < -0.3 is 9.80 Å². The molecule has 0 unspecified atom stereocenters. The molecule has 3 aromatic rings. The maximum atomic E-state index is 13.1. The second-order valence-electron chi connectivity index (χ2n) is 7.71.